The van der Waals surface area contributed by atoms with Crippen LogP contribution in [0.15, 0.2) is 22.0 Å². The van der Waals surface area contributed by atoms with Crippen LogP contribution in [-0.4, -0.2) is 43.3 Å². The third-order valence-corrected chi connectivity index (χ3v) is 5.05. The lowest BCUT2D eigenvalue weighted by Crippen LogP contribution is -2.23. The van der Waals surface area contributed by atoms with Gasteiger partial charge in [-0.3, -0.25) is 14.7 Å². The lowest BCUT2D eigenvalue weighted by molar-refractivity contribution is -0.121. The first kappa shape index (κ1) is 18.1. The molecule has 0 bridgehead atoms. The zero-order valence-electron chi connectivity index (χ0n) is 13.7. The number of methoxy groups -OCH3 is 1. The Kier molecular flexibility index (Phi) is 5.96. The number of hydrogen-bond donors (Lipinski definition) is 0. The maximum Gasteiger partial charge on any atom is 0.266 e. The molecule has 1 aliphatic heterocycles. The van der Waals surface area contributed by atoms with Crippen LogP contribution >= 0.6 is 34.4 Å². The standard InChI is InChI=1S/C16H19IN2O3S/c1-9(2)22-14-11(17)6-10(7-12(14)21-5)8-13-15(20)19(4)16(18-3)23-13/h6-9H,1-5H3/b13-8+,18-16?. The molecule has 1 heterocycles. The van der Waals surface area contributed by atoms with E-state index in [4.69, 9.17) is 9.47 Å². The SMILES string of the molecule is CN=C1S/C(=C/c2cc(I)c(OC(C)C)c(OC)c2)C(=O)N1C. The summed E-state index contributed by atoms with van der Waals surface area (Å²) >= 11 is 3.58. The predicted molar refractivity (Wildman–Crippen MR) is 103 cm³/mol. The number of aliphatic imine (C=N–C) groups is 1. The monoisotopic (exact) mass is 446 g/mol. The van der Waals surface area contributed by atoms with Crippen molar-refractivity contribution in [1.29, 1.82) is 0 Å². The molecule has 0 spiro atoms. The molecule has 2 rings (SSSR count). The molecule has 23 heavy (non-hydrogen) atoms. The van der Waals surface area contributed by atoms with Crippen LogP contribution in [0, 0.1) is 3.57 Å². The normalized spacial score (nSPS) is 18.4. The molecule has 0 aromatic heterocycles. The van der Waals surface area contributed by atoms with E-state index in [0.717, 1.165) is 14.9 Å². The molecule has 0 saturated carbocycles. The van der Waals surface area contributed by atoms with Crippen LogP contribution in [0.4, 0.5) is 0 Å². The van der Waals surface area contributed by atoms with Gasteiger partial charge in [-0.1, -0.05) is 0 Å². The first-order valence-electron chi connectivity index (χ1n) is 7.06. The summed E-state index contributed by atoms with van der Waals surface area (Å²) in [5.41, 5.74) is 0.893. The van der Waals surface area contributed by atoms with Crippen molar-refractivity contribution in [3.8, 4) is 11.5 Å². The zero-order chi connectivity index (χ0) is 17.1. The second-order valence-electron chi connectivity index (χ2n) is 5.18. The van der Waals surface area contributed by atoms with Gasteiger partial charge < -0.3 is 9.47 Å². The highest BCUT2D eigenvalue weighted by molar-refractivity contribution is 14.1. The highest BCUT2D eigenvalue weighted by atomic mass is 127. The molecule has 0 unspecified atom stereocenters. The summed E-state index contributed by atoms with van der Waals surface area (Å²) in [6.45, 7) is 3.95. The molecule has 1 saturated heterocycles. The minimum atomic E-state index is -0.0490. The summed E-state index contributed by atoms with van der Waals surface area (Å²) < 4.78 is 12.2. The minimum absolute atomic E-state index is 0.0490. The summed E-state index contributed by atoms with van der Waals surface area (Å²) in [6, 6.07) is 3.85. The minimum Gasteiger partial charge on any atom is -0.493 e. The maximum atomic E-state index is 12.2. The molecule has 1 aromatic carbocycles. The second kappa shape index (κ2) is 7.57. The van der Waals surface area contributed by atoms with Crippen molar-refractivity contribution in [2.24, 2.45) is 4.99 Å². The molecule has 1 fully saturated rings. The first-order valence-corrected chi connectivity index (χ1v) is 8.95. The fourth-order valence-corrected chi connectivity index (χ4v) is 3.75. The number of benzene rings is 1. The van der Waals surface area contributed by atoms with E-state index in [9.17, 15) is 4.79 Å². The summed E-state index contributed by atoms with van der Waals surface area (Å²) in [6.07, 6.45) is 1.91. The summed E-state index contributed by atoms with van der Waals surface area (Å²) in [4.78, 5) is 18.5. The summed E-state index contributed by atoms with van der Waals surface area (Å²) in [7, 11) is 5.02. The number of halogens is 1. The van der Waals surface area contributed by atoms with Gasteiger partial charge in [0.15, 0.2) is 16.7 Å². The van der Waals surface area contributed by atoms with Gasteiger partial charge in [0.05, 0.1) is 21.7 Å². The van der Waals surface area contributed by atoms with Gasteiger partial charge in [-0.15, -0.1) is 0 Å². The highest BCUT2D eigenvalue weighted by Gasteiger charge is 2.29. The predicted octanol–water partition coefficient (Wildman–Crippen LogP) is 3.62. The van der Waals surface area contributed by atoms with Crippen LogP contribution in [0.2, 0.25) is 0 Å². The number of amides is 1. The molecule has 1 aromatic rings. The van der Waals surface area contributed by atoms with Crippen LogP contribution in [-0.2, 0) is 4.79 Å². The molecule has 1 aliphatic rings. The lowest BCUT2D eigenvalue weighted by atomic mass is 10.2. The van der Waals surface area contributed by atoms with Crippen molar-refractivity contribution in [2.45, 2.75) is 20.0 Å². The fraction of sp³-hybridized carbons (Fsp3) is 0.375. The van der Waals surface area contributed by atoms with E-state index in [1.165, 1.54) is 11.8 Å². The van der Waals surface area contributed by atoms with E-state index in [1.54, 1.807) is 26.1 Å². The lowest BCUT2D eigenvalue weighted by Gasteiger charge is -2.16. The van der Waals surface area contributed by atoms with Crippen molar-refractivity contribution in [3.05, 3.63) is 26.2 Å². The Morgan fingerprint density at radius 2 is 2.09 bits per heavy atom. The molecule has 5 nitrogen and oxygen atoms in total. The number of amidine groups is 1. The molecule has 0 radical (unpaired) electrons. The summed E-state index contributed by atoms with van der Waals surface area (Å²) in [5.74, 6) is 1.33. The van der Waals surface area contributed by atoms with Gasteiger partial charge in [0, 0.05) is 14.1 Å². The topological polar surface area (TPSA) is 51.1 Å². The van der Waals surface area contributed by atoms with Crippen molar-refractivity contribution >= 4 is 51.5 Å². The Labute approximate surface area is 154 Å². The Morgan fingerprint density at radius 3 is 2.61 bits per heavy atom. The third-order valence-electron chi connectivity index (χ3n) is 3.10. The Hall–Kier alpha value is -1.22. The fourth-order valence-electron chi connectivity index (χ4n) is 2.07. The van der Waals surface area contributed by atoms with Gasteiger partial charge in [-0.2, -0.15) is 0 Å². The zero-order valence-corrected chi connectivity index (χ0v) is 16.7. The van der Waals surface area contributed by atoms with E-state index in [2.05, 4.69) is 27.6 Å². The number of thioether (sulfide) groups is 1. The van der Waals surface area contributed by atoms with Gasteiger partial charge in [-0.05, 0) is 72.0 Å². The third kappa shape index (κ3) is 4.00. The number of carbonyl (C=O) groups excluding carboxylic acids is 1. The Balaban J connectivity index is 2.40. The molecular formula is C16H19IN2O3S. The number of rotatable bonds is 4. The Morgan fingerprint density at radius 1 is 1.39 bits per heavy atom. The van der Waals surface area contributed by atoms with E-state index >= 15 is 0 Å². The van der Waals surface area contributed by atoms with Crippen LogP contribution in [0.25, 0.3) is 6.08 Å². The Bertz CT molecular complexity index is 686. The maximum absolute atomic E-state index is 12.2. The molecule has 0 atom stereocenters. The average molecular weight is 446 g/mol. The first-order chi connectivity index (χ1) is 10.9. The van der Waals surface area contributed by atoms with E-state index in [1.807, 2.05) is 32.1 Å². The van der Waals surface area contributed by atoms with E-state index in [-0.39, 0.29) is 12.0 Å². The molecule has 0 N–H and O–H groups in total. The second-order valence-corrected chi connectivity index (χ2v) is 7.35. The number of likely N-dealkylation sites (N-methyl/N-ethyl adjacent to an activating group) is 1. The van der Waals surface area contributed by atoms with Crippen molar-refractivity contribution in [3.63, 3.8) is 0 Å². The molecule has 7 heteroatoms. The largest absolute Gasteiger partial charge is 0.493 e. The van der Waals surface area contributed by atoms with E-state index < -0.39 is 0 Å². The molecule has 124 valence electrons. The van der Waals surface area contributed by atoms with Crippen molar-refractivity contribution in [2.75, 3.05) is 21.2 Å². The van der Waals surface area contributed by atoms with Gasteiger partial charge in [-0.25, -0.2) is 0 Å². The van der Waals surface area contributed by atoms with Gasteiger partial charge in [0.25, 0.3) is 5.91 Å². The van der Waals surface area contributed by atoms with E-state index in [0.29, 0.717) is 15.8 Å². The van der Waals surface area contributed by atoms with Crippen LogP contribution < -0.4 is 9.47 Å². The van der Waals surface area contributed by atoms with Crippen LogP contribution in [0.3, 0.4) is 0 Å². The van der Waals surface area contributed by atoms with Gasteiger partial charge in [0.2, 0.25) is 0 Å². The quantitative estimate of drug-likeness (QED) is 0.524. The van der Waals surface area contributed by atoms with Crippen molar-refractivity contribution < 1.29 is 14.3 Å². The number of ether oxygens (including phenoxy) is 2. The van der Waals surface area contributed by atoms with Gasteiger partial charge >= 0.3 is 0 Å². The summed E-state index contributed by atoms with van der Waals surface area (Å²) in [5, 5.41) is 0.697. The van der Waals surface area contributed by atoms with Gasteiger partial charge in [0.1, 0.15) is 0 Å². The molecule has 1 amide bonds. The van der Waals surface area contributed by atoms with Crippen molar-refractivity contribution in [1.82, 2.24) is 4.90 Å². The number of carbonyl (C=O) groups is 1. The molecular weight excluding hydrogens is 427 g/mol. The van der Waals surface area contributed by atoms with Crippen LogP contribution in [0.5, 0.6) is 11.5 Å². The highest BCUT2D eigenvalue weighted by Crippen LogP contribution is 2.37. The molecule has 0 aliphatic carbocycles. The average Bonchev–Trinajstić information content (AvgIpc) is 2.77. The smallest absolute Gasteiger partial charge is 0.266 e. The number of hydrogen-bond acceptors (Lipinski definition) is 5. The van der Waals surface area contributed by atoms with Crippen LogP contribution in [0.1, 0.15) is 19.4 Å². The number of nitrogens with zero attached hydrogens (tertiary/aromatic N) is 2.